The number of aliphatic hydroxyl groups excluding tert-OH is 1. The number of aromatic nitrogens is 2. The topological polar surface area (TPSA) is 50.1 Å². The Balaban J connectivity index is 2.25. The predicted molar refractivity (Wildman–Crippen MR) is 51.6 cm³/mol. The van der Waals surface area contributed by atoms with E-state index in [2.05, 4.69) is 10.4 Å². The maximum Gasteiger partial charge on any atom is 0.265 e. The molecule has 0 saturated heterocycles. The predicted octanol–water partition coefficient (Wildman–Crippen LogP) is 0.619. The van der Waals surface area contributed by atoms with Crippen LogP contribution in [0, 0.1) is 0 Å². The van der Waals surface area contributed by atoms with E-state index in [0.717, 1.165) is 12.1 Å². The zero-order valence-corrected chi connectivity index (χ0v) is 8.53. The van der Waals surface area contributed by atoms with Crippen molar-refractivity contribution in [3.63, 3.8) is 0 Å². The maximum absolute atomic E-state index is 11.9. The molecule has 0 amide bonds. The van der Waals surface area contributed by atoms with E-state index in [4.69, 9.17) is 5.11 Å². The van der Waals surface area contributed by atoms with Gasteiger partial charge >= 0.3 is 0 Å². The minimum atomic E-state index is -2.70. The van der Waals surface area contributed by atoms with Crippen molar-refractivity contribution in [1.82, 2.24) is 15.1 Å². The summed E-state index contributed by atoms with van der Waals surface area (Å²) in [5.41, 5.74) is 0.915. The zero-order chi connectivity index (χ0) is 11.3. The van der Waals surface area contributed by atoms with Crippen LogP contribution in [-0.2, 0) is 13.1 Å². The molecule has 1 aromatic heterocycles. The molecule has 1 rings (SSSR count). The number of nitrogens with zero attached hydrogens (tertiary/aromatic N) is 2. The van der Waals surface area contributed by atoms with Crippen molar-refractivity contribution in [1.29, 1.82) is 0 Å². The molecule has 0 aliphatic carbocycles. The highest BCUT2D eigenvalue weighted by molar-refractivity contribution is 5.03. The molecule has 0 radical (unpaired) electrons. The van der Waals surface area contributed by atoms with Crippen LogP contribution in [0.5, 0.6) is 0 Å². The largest absolute Gasteiger partial charge is 0.386 e. The number of nitrogens with one attached hydrogen (secondary N) is 1. The summed E-state index contributed by atoms with van der Waals surface area (Å²) in [5.74, 6) is 0. The fourth-order valence-electron chi connectivity index (χ4n) is 1.12. The summed E-state index contributed by atoms with van der Waals surface area (Å²) in [6.07, 6.45) is -0.797. The molecule has 15 heavy (non-hydrogen) atoms. The van der Waals surface area contributed by atoms with Crippen LogP contribution in [0.25, 0.3) is 0 Å². The second-order valence-corrected chi connectivity index (χ2v) is 3.24. The lowest BCUT2D eigenvalue weighted by molar-refractivity contribution is -0.00340. The fourth-order valence-corrected chi connectivity index (χ4v) is 1.12. The molecule has 0 bridgehead atoms. The zero-order valence-electron chi connectivity index (χ0n) is 8.53. The van der Waals surface area contributed by atoms with E-state index < -0.39 is 12.5 Å². The first-order valence-corrected chi connectivity index (χ1v) is 4.81. The highest BCUT2D eigenvalue weighted by atomic mass is 19.3. The van der Waals surface area contributed by atoms with Gasteiger partial charge in [0.1, 0.15) is 6.10 Å². The van der Waals surface area contributed by atoms with Crippen molar-refractivity contribution in [2.75, 3.05) is 6.54 Å². The lowest BCUT2D eigenvalue weighted by Gasteiger charge is -2.09. The average molecular weight is 219 g/mol. The van der Waals surface area contributed by atoms with Crippen LogP contribution < -0.4 is 5.32 Å². The SMILES string of the molecule is CCn1cc(CNCC(O)C(F)F)cn1. The molecule has 86 valence electrons. The molecule has 0 aliphatic heterocycles. The third-order valence-electron chi connectivity index (χ3n) is 1.98. The van der Waals surface area contributed by atoms with Gasteiger partial charge in [0.15, 0.2) is 0 Å². The minimum absolute atomic E-state index is 0.116. The quantitative estimate of drug-likeness (QED) is 0.737. The normalized spacial score (nSPS) is 13.4. The van der Waals surface area contributed by atoms with E-state index >= 15 is 0 Å². The first-order valence-electron chi connectivity index (χ1n) is 4.81. The lowest BCUT2D eigenvalue weighted by atomic mass is 10.3. The molecule has 1 atom stereocenters. The Bertz CT molecular complexity index is 291. The molecule has 0 saturated carbocycles. The summed E-state index contributed by atoms with van der Waals surface area (Å²) < 4.78 is 25.6. The Morgan fingerprint density at radius 2 is 2.33 bits per heavy atom. The van der Waals surface area contributed by atoms with E-state index in [0.29, 0.717) is 6.54 Å². The summed E-state index contributed by atoms with van der Waals surface area (Å²) in [6, 6.07) is 0. The molecular weight excluding hydrogens is 204 g/mol. The van der Waals surface area contributed by atoms with Gasteiger partial charge in [-0.25, -0.2) is 8.78 Å². The van der Waals surface area contributed by atoms with Crippen LogP contribution in [0.4, 0.5) is 8.78 Å². The molecule has 1 aromatic rings. The molecular formula is C9H15F2N3O. The Hall–Kier alpha value is -1.01. The summed E-state index contributed by atoms with van der Waals surface area (Å²) in [4.78, 5) is 0. The van der Waals surface area contributed by atoms with Crippen LogP contribution in [0.15, 0.2) is 12.4 Å². The van der Waals surface area contributed by atoms with Gasteiger partial charge in [-0.2, -0.15) is 5.10 Å². The van der Waals surface area contributed by atoms with Crippen LogP contribution in [0.3, 0.4) is 0 Å². The van der Waals surface area contributed by atoms with Gasteiger partial charge in [0.05, 0.1) is 6.20 Å². The van der Waals surface area contributed by atoms with Gasteiger partial charge in [-0.1, -0.05) is 0 Å². The smallest absolute Gasteiger partial charge is 0.265 e. The molecule has 4 nitrogen and oxygen atoms in total. The van der Waals surface area contributed by atoms with Crippen LogP contribution >= 0.6 is 0 Å². The summed E-state index contributed by atoms with van der Waals surface area (Å²) >= 11 is 0. The van der Waals surface area contributed by atoms with Gasteiger partial charge in [0, 0.05) is 31.4 Å². The summed E-state index contributed by atoms with van der Waals surface area (Å²) in [6.45, 7) is 3.06. The van der Waals surface area contributed by atoms with Crippen LogP contribution in [0.2, 0.25) is 0 Å². The third kappa shape index (κ3) is 3.93. The number of aryl methyl sites for hydroxylation is 1. The Labute approximate surface area is 86.9 Å². The van der Waals surface area contributed by atoms with Gasteiger partial charge in [-0.05, 0) is 6.92 Å². The van der Waals surface area contributed by atoms with Crippen molar-refractivity contribution >= 4 is 0 Å². The number of aliphatic hydroxyl groups is 1. The van der Waals surface area contributed by atoms with E-state index in [-0.39, 0.29) is 6.54 Å². The summed E-state index contributed by atoms with van der Waals surface area (Å²) in [7, 11) is 0. The fraction of sp³-hybridized carbons (Fsp3) is 0.667. The van der Waals surface area contributed by atoms with Gasteiger partial charge in [-0.15, -0.1) is 0 Å². The molecule has 0 aromatic carbocycles. The Morgan fingerprint density at radius 3 is 2.87 bits per heavy atom. The van der Waals surface area contributed by atoms with Gasteiger partial charge in [0.25, 0.3) is 6.43 Å². The molecule has 0 aliphatic rings. The first-order chi connectivity index (χ1) is 7.13. The second kappa shape index (κ2) is 5.77. The molecule has 1 unspecified atom stereocenters. The average Bonchev–Trinajstić information content (AvgIpc) is 2.65. The molecule has 0 fully saturated rings. The Kier molecular flexibility index (Phi) is 4.64. The third-order valence-corrected chi connectivity index (χ3v) is 1.98. The molecule has 6 heteroatoms. The van der Waals surface area contributed by atoms with Crippen LogP contribution in [-0.4, -0.2) is 34.0 Å². The number of alkyl halides is 2. The highest BCUT2D eigenvalue weighted by Gasteiger charge is 2.15. The van der Waals surface area contributed by atoms with Crippen molar-refractivity contribution in [2.45, 2.75) is 32.5 Å². The van der Waals surface area contributed by atoms with E-state index in [9.17, 15) is 8.78 Å². The van der Waals surface area contributed by atoms with E-state index in [1.54, 1.807) is 10.9 Å². The minimum Gasteiger partial charge on any atom is -0.386 e. The number of hydrogen-bond donors (Lipinski definition) is 2. The standard InChI is InChI=1S/C9H15F2N3O/c1-2-14-6-7(4-13-14)3-12-5-8(15)9(10)11/h4,6,8-9,12,15H,2-3,5H2,1H3. The van der Waals surface area contributed by atoms with E-state index in [1.807, 2.05) is 13.1 Å². The van der Waals surface area contributed by atoms with Crippen molar-refractivity contribution in [2.24, 2.45) is 0 Å². The van der Waals surface area contributed by atoms with Gasteiger partial charge in [-0.3, -0.25) is 4.68 Å². The number of rotatable bonds is 6. The van der Waals surface area contributed by atoms with Crippen molar-refractivity contribution in [3.8, 4) is 0 Å². The van der Waals surface area contributed by atoms with Crippen molar-refractivity contribution < 1.29 is 13.9 Å². The maximum atomic E-state index is 11.9. The van der Waals surface area contributed by atoms with Gasteiger partial charge in [0.2, 0.25) is 0 Å². The highest BCUT2D eigenvalue weighted by Crippen LogP contribution is 2.00. The number of halogens is 2. The van der Waals surface area contributed by atoms with Gasteiger partial charge < -0.3 is 10.4 Å². The van der Waals surface area contributed by atoms with E-state index in [1.165, 1.54) is 0 Å². The second-order valence-electron chi connectivity index (χ2n) is 3.24. The van der Waals surface area contributed by atoms with Crippen LogP contribution in [0.1, 0.15) is 12.5 Å². The summed E-state index contributed by atoms with van der Waals surface area (Å²) in [5, 5.41) is 15.6. The Morgan fingerprint density at radius 1 is 1.60 bits per heavy atom. The molecule has 1 heterocycles. The molecule has 2 N–H and O–H groups in total. The monoisotopic (exact) mass is 219 g/mol. The number of hydrogen-bond acceptors (Lipinski definition) is 3. The lowest BCUT2D eigenvalue weighted by Crippen LogP contribution is -2.31. The molecule has 0 spiro atoms. The van der Waals surface area contributed by atoms with Crippen molar-refractivity contribution in [3.05, 3.63) is 18.0 Å². The first kappa shape index (κ1) is 12.1.